The molecule has 13 heavy (non-hydrogen) atoms. The summed E-state index contributed by atoms with van der Waals surface area (Å²) in [6, 6.07) is 0. The Hall–Kier alpha value is -0.850. The Bertz CT molecular complexity index is 298. The van der Waals surface area contributed by atoms with Crippen molar-refractivity contribution in [2.45, 2.75) is 33.1 Å². The van der Waals surface area contributed by atoms with Crippen LogP contribution in [0.3, 0.4) is 0 Å². The molecule has 0 aromatic heterocycles. The first-order chi connectivity index (χ1) is 6.13. The third-order valence-electron chi connectivity index (χ3n) is 3.71. The van der Waals surface area contributed by atoms with Crippen molar-refractivity contribution in [2.75, 3.05) is 0 Å². The maximum atomic E-state index is 11.2. The quantitative estimate of drug-likeness (QED) is 0.554. The Kier molecular flexibility index (Phi) is 1.90. The fourth-order valence-electron chi connectivity index (χ4n) is 2.46. The average molecular weight is 176 g/mol. The number of allylic oxidation sites excluding steroid dienone is 4. The zero-order chi connectivity index (χ0) is 9.47. The number of hydrogen-bond donors (Lipinski definition) is 0. The summed E-state index contributed by atoms with van der Waals surface area (Å²) >= 11 is 0. The van der Waals surface area contributed by atoms with Gasteiger partial charge in [0, 0.05) is 5.41 Å². The minimum atomic E-state index is 0.168. The van der Waals surface area contributed by atoms with Crippen LogP contribution in [-0.4, -0.2) is 5.78 Å². The molecule has 0 aromatic rings. The molecule has 0 aliphatic heterocycles. The molecule has 0 amide bonds. The van der Waals surface area contributed by atoms with Crippen LogP contribution in [0.15, 0.2) is 23.8 Å². The monoisotopic (exact) mass is 176 g/mol. The first-order valence-corrected chi connectivity index (χ1v) is 5.07. The van der Waals surface area contributed by atoms with Crippen molar-refractivity contribution in [3.8, 4) is 0 Å². The summed E-state index contributed by atoms with van der Waals surface area (Å²) < 4.78 is 0. The van der Waals surface area contributed by atoms with Crippen molar-refractivity contribution < 1.29 is 4.79 Å². The van der Waals surface area contributed by atoms with Crippen LogP contribution in [0.25, 0.3) is 0 Å². The van der Waals surface area contributed by atoms with E-state index in [0.717, 1.165) is 6.42 Å². The maximum absolute atomic E-state index is 11.2. The van der Waals surface area contributed by atoms with E-state index in [9.17, 15) is 4.79 Å². The molecule has 1 saturated carbocycles. The van der Waals surface area contributed by atoms with Gasteiger partial charge in [-0.15, -0.1) is 0 Å². The van der Waals surface area contributed by atoms with Crippen molar-refractivity contribution >= 4 is 5.78 Å². The summed E-state index contributed by atoms with van der Waals surface area (Å²) in [6.45, 7) is 4.54. The van der Waals surface area contributed by atoms with Crippen LogP contribution in [-0.2, 0) is 4.79 Å². The Labute approximate surface area is 79.5 Å². The van der Waals surface area contributed by atoms with E-state index in [-0.39, 0.29) is 11.2 Å². The topological polar surface area (TPSA) is 17.1 Å². The zero-order valence-corrected chi connectivity index (χ0v) is 8.34. The highest BCUT2D eigenvalue weighted by molar-refractivity contribution is 6.01. The Morgan fingerprint density at radius 2 is 2.31 bits per heavy atom. The van der Waals surface area contributed by atoms with Crippen molar-refractivity contribution in [3.05, 3.63) is 23.8 Å². The zero-order valence-electron chi connectivity index (χ0n) is 8.34. The van der Waals surface area contributed by atoms with E-state index in [0.29, 0.717) is 5.92 Å². The standard InChI is InChI=1S/C12H16O/c1-9-4-3-5-10-8-11(13)6-7-12(9,10)2/h6-9H,3-5H2,1-2H3/t9?,12-/m1/s1. The van der Waals surface area contributed by atoms with Gasteiger partial charge in [0.05, 0.1) is 0 Å². The van der Waals surface area contributed by atoms with E-state index < -0.39 is 0 Å². The molecule has 0 saturated heterocycles. The van der Waals surface area contributed by atoms with Crippen LogP contribution in [0.1, 0.15) is 33.1 Å². The molecule has 1 unspecified atom stereocenters. The lowest BCUT2D eigenvalue weighted by atomic mass is 9.63. The van der Waals surface area contributed by atoms with Gasteiger partial charge < -0.3 is 0 Å². The molecule has 0 N–H and O–H groups in total. The van der Waals surface area contributed by atoms with E-state index in [4.69, 9.17) is 0 Å². The van der Waals surface area contributed by atoms with Gasteiger partial charge in [-0.05, 0) is 37.3 Å². The normalized spacial score (nSPS) is 38.5. The van der Waals surface area contributed by atoms with Crippen LogP contribution >= 0.6 is 0 Å². The van der Waals surface area contributed by atoms with Gasteiger partial charge in [-0.3, -0.25) is 4.79 Å². The second kappa shape index (κ2) is 2.83. The highest BCUT2D eigenvalue weighted by Gasteiger charge is 2.37. The number of ketones is 1. The summed E-state index contributed by atoms with van der Waals surface area (Å²) in [7, 11) is 0. The molecule has 1 heteroatoms. The molecule has 0 heterocycles. The Balaban J connectivity index is 2.39. The van der Waals surface area contributed by atoms with Crippen LogP contribution < -0.4 is 0 Å². The molecule has 0 spiro atoms. The van der Waals surface area contributed by atoms with Crippen LogP contribution in [0.5, 0.6) is 0 Å². The summed E-state index contributed by atoms with van der Waals surface area (Å²) in [4.78, 5) is 11.2. The molecule has 0 aromatic carbocycles. The van der Waals surface area contributed by atoms with Gasteiger partial charge in [-0.25, -0.2) is 0 Å². The van der Waals surface area contributed by atoms with Crippen molar-refractivity contribution in [1.29, 1.82) is 0 Å². The predicted octanol–water partition coefficient (Wildman–Crippen LogP) is 2.88. The maximum Gasteiger partial charge on any atom is 0.178 e. The van der Waals surface area contributed by atoms with Crippen molar-refractivity contribution in [2.24, 2.45) is 11.3 Å². The van der Waals surface area contributed by atoms with Crippen LogP contribution in [0, 0.1) is 11.3 Å². The van der Waals surface area contributed by atoms with E-state index in [1.165, 1.54) is 18.4 Å². The molecular formula is C12H16O. The lowest BCUT2D eigenvalue weighted by molar-refractivity contribution is -0.110. The third kappa shape index (κ3) is 1.27. The molecular weight excluding hydrogens is 160 g/mol. The molecule has 2 atom stereocenters. The SMILES string of the molecule is CC1CCCC2=CC(=O)C=C[C@@]21C. The van der Waals surface area contributed by atoms with Crippen molar-refractivity contribution in [1.82, 2.24) is 0 Å². The highest BCUT2D eigenvalue weighted by Crippen LogP contribution is 2.47. The van der Waals surface area contributed by atoms with E-state index >= 15 is 0 Å². The predicted molar refractivity (Wildman–Crippen MR) is 53.4 cm³/mol. The average Bonchev–Trinajstić information content (AvgIpc) is 2.09. The van der Waals surface area contributed by atoms with Gasteiger partial charge in [0.1, 0.15) is 0 Å². The number of carbonyl (C=O) groups is 1. The second-order valence-corrected chi connectivity index (χ2v) is 4.48. The van der Waals surface area contributed by atoms with E-state index in [1.54, 1.807) is 6.08 Å². The molecule has 1 fully saturated rings. The minimum absolute atomic E-state index is 0.168. The molecule has 1 nitrogen and oxygen atoms in total. The highest BCUT2D eigenvalue weighted by atomic mass is 16.1. The first-order valence-electron chi connectivity index (χ1n) is 5.07. The summed E-state index contributed by atoms with van der Waals surface area (Å²) in [5.41, 5.74) is 1.52. The van der Waals surface area contributed by atoms with Gasteiger partial charge in [-0.1, -0.05) is 25.5 Å². The van der Waals surface area contributed by atoms with Crippen LogP contribution in [0.2, 0.25) is 0 Å². The summed E-state index contributed by atoms with van der Waals surface area (Å²) in [5.74, 6) is 0.846. The number of fused-ring (bicyclic) bond motifs is 1. The van der Waals surface area contributed by atoms with Crippen molar-refractivity contribution in [3.63, 3.8) is 0 Å². The first kappa shape index (κ1) is 8.74. The number of rotatable bonds is 0. The summed E-state index contributed by atoms with van der Waals surface area (Å²) in [5, 5.41) is 0. The molecule has 70 valence electrons. The third-order valence-corrected chi connectivity index (χ3v) is 3.71. The van der Waals surface area contributed by atoms with Gasteiger partial charge >= 0.3 is 0 Å². The Morgan fingerprint density at radius 3 is 3.08 bits per heavy atom. The molecule has 2 rings (SSSR count). The Morgan fingerprint density at radius 1 is 1.54 bits per heavy atom. The van der Waals surface area contributed by atoms with Gasteiger partial charge in [0.2, 0.25) is 0 Å². The van der Waals surface area contributed by atoms with Gasteiger partial charge in [0.25, 0.3) is 0 Å². The fraction of sp³-hybridized carbons (Fsp3) is 0.583. The molecule has 2 aliphatic carbocycles. The number of carbonyl (C=O) groups excluding carboxylic acids is 1. The molecule has 0 radical (unpaired) electrons. The smallest absolute Gasteiger partial charge is 0.178 e. The lowest BCUT2D eigenvalue weighted by Gasteiger charge is -2.41. The van der Waals surface area contributed by atoms with E-state index in [1.807, 2.05) is 6.08 Å². The molecule has 2 aliphatic rings. The fourth-order valence-corrected chi connectivity index (χ4v) is 2.46. The van der Waals surface area contributed by atoms with Crippen LogP contribution in [0.4, 0.5) is 0 Å². The van der Waals surface area contributed by atoms with Gasteiger partial charge in [-0.2, -0.15) is 0 Å². The van der Waals surface area contributed by atoms with Gasteiger partial charge in [0.15, 0.2) is 5.78 Å². The van der Waals surface area contributed by atoms with E-state index in [2.05, 4.69) is 19.9 Å². The lowest BCUT2D eigenvalue weighted by Crippen LogP contribution is -2.31. The molecule has 0 bridgehead atoms. The minimum Gasteiger partial charge on any atom is -0.290 e. The number of hydrogen-bond acceptors (Lipinski definition) is 1. The largest absolute Gasteiger partial charge is 0.290 e. The summed E-state index contributed by atoms with van der Waals surface area (Å²) in [6.07, 6.45) is 9.31. The second-order valence-electron chi connectivity index (χ2n) is 4.48.